The van der Waals surface area contributed by atoms with Crippen molar-refractivity contribution in [3.8, 4) is 0 Å². The first-order chi connectivity index (χ1) is 10.5. The van der Waals surface area contributed by atoms with Gasteiger partial charge in [-0.3, -0.25) is 10.1 Å². The van der Waals surface area contributed by atoms with Crippen molar-refractivity contribution in [3.05, 3.63) is 64.2 Å². The number of rotatable bonds is 4. The van der Waals surface area contributed by atoms with E-state index in [1.165, 1.54) is 6.07 Å². The molecule has 8 nitrogen and oxygen atoms in total. The van der Waals surface area contributed by atoms with Crippen LogP contribution in [-0.2, 0) is 0 Å². The van der Waals surface area contributed by atoms with Crippen molar-refractivity contribution in [2.24, 2.45) is 0 Å². The fourth-order valence-corrected chi connectivity index (χ4v) is 1.74. The summed E-state index contributed by atoms with van der Waals surface area (Å²) >= 11 is 0. The zero-order chi connectivity index (χ0) is 16.1. The van der Waals surface area contributed by atoms with E-state index in [4.69, 9.17) is 5.11 Å². The lowest BCUT2D eigenvalue weighted by molar-refractivity contribution is -0.384. The Morgan fingerprint density at radius 2 is 1.73 bits per heavy atom. The van der Waals surface area contributed by atoms with E-state index in [1.54, 1.807) is 30.3 Å². The van der Waals surface area contributed by atoms with Crippen molar-refractivity contribution in [1.29, 1.82) is 0 Å². The van der Waals surface area contributed by atoms with E-state index in [9.17, 15) is 19.7 Å². The Bertz CT molecular complexity index is 731. The summed E-state index contributed by atoms with van der Waals surface area (Å²) in [5.41, 5.74) is -0.242. The average Bonchev–Trinajstić information content (AvgIpc) is 2.48. The SMILES string of the molecule is O=C(Nc1ccccc1)Nc1ccc([N+](=O)[O-])cc1C(=O)O. The molecular formula is C14H11N3O5. The van der Waals surface area contributed by atoms with Crippen molar-refractivity contribution in [2.45, 2.75) is 0 Å². The number of hydrogen-bond acceptors (Lipinski definition) is 4. The van der Waals surface area contributed by atoms with Crippen molar-refractivity contribution >= 4 is 29.1 Å². The predicted octanol–water partition coefficient (Wildman–Crippen LogP) is 2.94. The smallest absolute Gasteiger partial charge is 0.338 e. The number of hydrogen-bond donors (Lipinski definition) is 3. The zero-order valence-electron chi connectivity index (χ0n) is 11.1. The van der Waals surface area contributed by atoms with E-state index in [0.717, 1.165) is 12.1 Å². The number of amides is 2. The van der Waals surface area contributed by atoms with Crippen LogP contribution in [0.5, 0.6) is 0 Å². The summed E-state index contributed by atoms with van der Waals surface area (Å²) in [7, 11) is 0. The van der Waals surface area contributed by atoms with Crippen molar-refractivity contribution in [2.75, 3.05) is 10.6 Å². The number of nitrogens with zero attached hydrogens (tertiary/aromatic N) is 1. The van der Waals surface area contributed by atoms with E-state index < -0.39 is 16.9 Å². The Kier molecular flexibility index (Phi) is 4.33. The lowest BCUT2D eigenvalue weighted by atomic mass is 10.1. The number of benzene rings is 2. The lowest BCUT2D eigenvalue weighted by Gasteiger charge is -2.09. The van der Waals surface area contributed by atoms with Gasteiger partial charge in [0.25, 0.3) is 5.69 Å². The molecule has 0 bridgehead atoms. The highest BCUT2D eigenvalue weighted by Gasteiger charge is 2.17. The molecular weight excluding hydrogens is 290 g/mol. The van der Waals surface area contributed by atoms with Crippen LogP contribution in [0, 0.1) is 10.1 Å². The number of nitro benzene ring substituents is 1. The Labute approximate surface area is 124 Å². The van der Waals surface area contributed by atoms with Gasteiger partial charge < -0.3 is 15.7 Å². The molecule has 0 saturated heterocycles. The fourth-order valence-electron chi connectivity index (χ4n) is 1.74. The summed E-state index contributed by atoms with van der Waals surface area (Å²) in [6.45, 7) is 0. The van der Waals surface area contributed by atoms with Crippen molar-refractivity contribution in [1.82, 2.24) is 0 Å². The number of carboxylic acids is 1. The normalized spacial score (nSPS) is 9.82. The maximum absolute atomic E-state index is 11.8. The van der Waals surface area contributed by atoms with E-state index in [1.807, 2.05) is 0 Å². The number of nitrogens with one attached hydrogen (secondary N) is 2. The van der Waals surface area contributed by atoms with Gasteiger partial charge >= 0.3 is 12.0 Å². The van der Waals surface area contributed by atoms with Gasteiger partial charge in [-0.15, -0.1) is 0 Å². The Hall–Kier alpha value is -3.42. The van der Waals surface area contributed by atoms with Gasteiger partial charge in [0.1, 0.15) is 0 Å². The van der Waals surface area contributed by atoms with Gasteiger partial charge in [0.05, 0.1) is 16.2 Å². The molecule has 3 N–H and O–H groups in total. The third-order valence-electron chi connectivity index (χ3n) is 2.72. The highest BCUT2D eigenvalue weighted by molar-refractivity contribution is 6.04. The first kappa shape index (κ1) is 15.0. The second-order valence-corrected chi connectivity index (χ2v) is 4.24. The van der Waals surface area contributed by atoms with Gasteiger partial charge in [-0.05, 0) is 18.2 Å². The molecule has 8 heteroatoms. The molecule has 2 aromatic carbocycles. The molecule has 0 aliphatic rings. The van der Waals surface area contributed by atoms with E-state index in [2.05, 4.69) is 10.6 Å². The highest BCUT2D eigenvalue weighted by atomic mass is 16.6. The van der Waals surface area contributed by atoms with Crippen LogP contribution in [-0.4, -0.2) is 22.0 Å². The summed E-state index contributed by atoms with van der Waals surface area (Å²) in [6.07, 6.45) is 0. The average molecular weight is 301 g/mol. The summed E-state index contributed by atoms with van der Waals surface area (Å²) in [4.78, 5) is 32.9. The zero-order valence-corrected chi connectivity index (χ0v) is 11.1. The molecule has 0 spiro atoms. The number of nitro groups is 1. The highest BCUT2D eigenvalue weighted by Crippen LogP contribution is 2.22. The van der Waals surface area contributed by atoms with Gasteiger partial charge in [-0.1, -0.05) is 18.2 Å². The maximum atomic E-state index is 11.8. The number of urea groups is 1. The van der Waals surface area contributed by atoms with E-state index in [0.29, 0.717) is 5.69 Å². The minimum Gasteiger partial charge on any atom is -0.478 e. The van der Waals surface area contributed by atoms with Crippen molar-refractivity contribution in [3.63, 3.8) is 0 Å². The monoisotopic (exact) mass is 301 g/mol. The number of carbonyl (C=O) groups is 2. The Morgan fingerprint density at radius 1 is 1.05 bits per heavy atom. The van der Waals surface area contributed by atoms with Crippen LogP contribution >= 0.6 is 0 Å². The standard InChI is InChI=1S/C14H11N3O5/c18-13(19)11-8-10(17(21)22)6-7-12(11)16-14(20)15-9-4-2-1-3-5-9/h1-8H,(H,18,19)(H2,15,16,20). The minimum absolute atomic E-state index is 0.0356. The van der Waals surface area contributed by atoms with Gasteiger partial charge in [-0.2, -0.15) is 0 Å². The first-order valence-corrected chi connectivity index (χ1v) is 6.12. The van der Waals surface area contributed by atoms with Crippen molar-refractivity contribution < 1.29 is 19.6 Å². The number of non-ortho nitro benzene ring substituents is 1. The third kappa shape index (κ3) is 3.57. The van der Waals surface area contributed by atoms with Crippen LogP contribution in [0.4, 0.5) is 21.9 Å². The quantitative estimate of drug-likeness (QED) is 0.592. The third-order valence-corrected chi connectivity index (χ3v) is 2.72. The molecule has 2 amide bonds. The van der Waals surface area contributed by atoms with Crippen LogP contribution < -0.4 is 10.6 Å². The predicted molar refractivity (Wildman–Crippen MR) is 79.1 cm³/mol. The molecule has 0 aromatic heterocycles. The molecule has 0 aliphatic heterocycles. The van der Waals surface area contributed by atoms with Crippen LogP contribution in [0.1, 0.15) is 10.4 Å². The fraction of sp³-hybridized carbons (Fsp3) is 0. The Morgan fingerprint density at radius 3 is 2.32 bits per heavy atom. The van der Waals surface area contributed by atoms with E-state index in [-0.39, 0.29) is 16.9 Å². The van der Waals surface area contributed by atoms with Crippen LogP contribution in [0.25, 0.3) is 0 Å². The number of para-hydroxylation sites is 1. The second-order valence-electron chi connectivity index (χ2n) is 4.24. The van der Waals surface area contributed by atoms with Gasteiger partial charge in [-0.25, -0.2) is 9.59 Å². The topological polar surface area (TPSA) is 122 Å². The summed E-state index contributed by atoms with van der Waals surface area (Å²) < 4.78 is 0. The minimum atomic E-state index is -1.38. The molecule has 0 heterocycles. The lowest BCUT2D eigenvalue weighted by Crippen LogP contribution is -2.21. The number of aromatic carboxylic acids is 1. The van der Waals surface area contributed by atoms with Crippen LogP contribution in [0.3, 0.4) is 0 Å². The summed E-state index contributed by atoms with van der Waals surface area (Å²) in [5, 5.41) is 24.6. The van der Waals surface area contributed by atoms with E-state index >= 15 is 0 Å². The van der Waals surface area contributed by atoms with Gasteiger partial charge in [0.2, 0.25) is 0 Å². The van der Waals surface area contributed by atoms with Gasteiger partial charge in [0, 0.05) is 17.8 Å². The molecule has 0 atom stereocenters. The summed E-state index contributed by atoms with van der Waals surface area (Å²) in [5.74, 6) is -1.38. The molecule has 0 saturated carbocycles. The molecule has 0 aliphatic carbocycles. The molecule has 0 fully saturated rings. The summed E-state index contributed by atoms with van der Waals surface area (Å²) in [6, 6.07) is 11.1. The molecule has 112 valence electrons. The van der Waals surface area contributed by atoms with Gasteiger partial charge in [0.15, 0.2) is 0 Å². The largest absolute Gasteiger partial charge is 0.478 e. The first-order valence-electron chi connectivity index (χ1n) is 6.12. The molecule has 0 radical (unpaired) electrons. The molecule has 0 unspecified atom stereocenters. The maximum Gasteiger partial charge on any atom is 0.338 e. The second kappa shape index (κ2) is 6.35. The number of carboxylic acid groups (broad SMARTS) is 1. The molecule has 22 heavy (non-hydrogen) atoms. The molecule has 2 rings (SSSR count). The number of anilines is 2. The van der Waals surface area contributed by atoms with Crippen LogP contribution in [0.15, 0.2) is 48.5 Å². The molecule has 2 aromatic rings. The Balaban J connectivity index is 2.20. The number of carbonyl (C=O) groups excluding carboxylic acids is 1. The van der Waals surface area contributed by atoms with Crippen LogP contribution in [0.2, 0.25) is 0 Å².